The molecule has 0 radical (unpaired) electrons. The number of benzene rings is 2. The standard InChI is InChI=1S/C16H16N2O2S/c1-2-13-7-5-6-10-16(13)18-21(19,20)12-15-9-4-3-8-14(15)11-17/h3-10,18H,2,12H2,1H3. The van der Waals surface area contributed by atoms with Crippen molar-refractivity contribution in [2.75, 3.05) is 4.72 Å². The highest BCUT2D eigenvalue weighted by atomic mass is 32.2. The van der Waals surface area contributed by atoms with Gasteiger partial charge >= 0.3 is 0 Å². The van der Waals surface area contributed by atoms with E-state index in [-0.39, 0.29) is 5.75 Å². The van der Waals surface area contributed by atoms with Crippen LogP contribution in [-0.4, -0.2) is 8.42 Å². The van der Waals surface area contributed by atoms with E-state index in [1.54, 1.807) is 36.4 Å². The van der Waals surface area contributed by atoms with Gasteiger partial charge in [-0.2, -0.15) is 5.26 Å². The van der Waals surface area contributed by atoms with Gasteiger partial charge in [0.2, 0.25) is 10.0 Å². The Morgan fingerprint density at radius 3 is 2.33 bits per heavy atom. The zero-order valence-corrected chi connectivity index (χ0v) is 12.5. The van der Waals surface area contributed by atoms with Crippen LogP contribution in [0.15, 0.2) is 48.5 Å². The van der Waals surface area contributed by atoms with Gasteiger partial charge in [0, 0.05) is 0 Å². The first-order valence-electron chi connectivity index (χ1n) is 6.62. The lowest BCUT2D eigenvalue weighted by atomic mass is 10.1. The van der Waals surface area contributed by atoms with E-state index in [4.69, 9.17) is 5.26 Å². The number of nitrogens with one attached hydrogen (secondary N) is 1. The van der Waals surface area contributed by atoms with Crippen LogP contribution in [0, 0.1) is 11.3 Å². The van der Waals surface area contributed by atoms with E-state index in [0.717, 1.165) is 12.0 Å². The number of sulfonamides is 1. The summed E-state index contributed by atoms with van der Waals surface area (Å²) in [6, 6.07) is 16.0. The van der Waals surface area contributed by atoms with Gasteiger partial charge in [-0.15, -0.1) is 0 Å². The average Bonchev–Trinajstić information content (AvgIpc) is 2.47. The van der Waals surface area contributed by atoms with E-state index in [1.807, 2.05) is 25.1 Å². The fraction of sp³-hybridized carbons (Fsp3) is 0.188. The van der Waals surface area contributed by atoms with Gasteiger partial charge < -0.3 is 0 Å². The summed E-state index contributed by atoms with van der Waals surface area (Å²) in [6.45, 7) is 1.97. The number of nitriles is 1. The van der Waals surface area contributed by atoms with Gasteiger partial charge in [-0.25, -0.2) is 8.42 Å². The van der Waals surface area contributed by atoms with Crippen molar-refractivity contribution in [2.45, 2.75) is 19.1 Å². The number of aryl methyl sites for hydroxylation is 1. The Hall–Kier alpha value is -2.32. The fourth-order valence-corrected chi connectivity index (χ4v) is 3.36. The predicted molar refractivity (Wildman–Crippen MR) is 83.2 cm³/mol. The van der Waals surface area contributed by atoms with Crippen LogP contribution in [0.25, 0.3) is 0 Å². The molecule has 0 aliphatic rings. The summed E-state index contributed by atoms with van der Waals surface area (Å²) >= 11 is 0. The largest absolute Gasteiger partial charge is 0.283 e. The molecule has 0 aliphatic carbocycles. The summed E-state index contributed by atoms with van der Waals surface area (Å²) in [6.07, 6.45) is 0.744. The van der Waals surface area contributed by atoms with Crippen LogP contribution in [0.1, 0.15) is 23.6 Å². The Balaban J connectivity index is 2.25. The highest BCUT2D eigenvalue weighted by Crippen LogP contribution is 2.19. The van der Waals surface area contributed by atoms with Gasteiger partial charge in [0.05, 0.1) is 23.1 Å². The maximum absolute atomic E-state index is 12.3. The third-order valence-electron chi connectivity index (χ3n) is 3.15. The minimum atomic E-state index is -3.55. The Kier molecular flexibility index (Phi) is 4.61. The molecule has 2 aromatic carbocycles. The van der Waals surface area contributed by atoms with E-state index < -0.39 is 10.0 Å². The Morgan fingerprint density at radius 1 is 1.05 bits per heavy atom. The van der Waals surface area contributed by atoms with E-state index in [2.05, 4.69) is 4.72 Å². The molecule has 2 aromatic rings. The third-order valence-corrected chi connectivity index (χ3v) is 4.37. The van der Waals surface area contributed by atoms with E-state index in [1.165, 1.54) is 0 Å². The van der Waals surface area contributed by atoms with Gasteiger partial charge in [-0.05, 0) is 29.7 Å². The smallest absolute Gasteiger partial charge is 0.236 e. The maximum atomic E-state index is 12.3. The summed E-state index contributed by atoms with van der Waals surface area (Å²) in [5.74, 6) is -0.214. The summed E-state index contributed by atoms with van der Waals surface area (Å²) < 4.78 is 27.2. The van der Waals surface area contributed by atoms with Gasteiger partial charge in [0.15, 0.2) is 0 Å². The van der Waals surface area contributed by atoms with Gasteiger partial charge in [0.25, 0.3) is 0 Å². The molecule has 0 aliphatic heterocycles. The fourth-order valence-electron chi connectivity index (χ4n) is 2.09. The molecule has 21 heavy (non-hydrogen) atoms. The van der Waals surface area contributed by atoms with Gasteiger partial charge in [-0.1, -0.05) is 43.3 Å². The van der Waals surface area contributed by atoms with Gasteiger partial charge in [-0.3, -0.25) is 4.72 Å². The summed E-state index contributed by atoms with van der Waals surface area (Å²) in [4.78, 5) is 0. The molecule has 0 aromatic heterocycles. The predicted octanol–water partition coefficient (Wildman–Crippen LogP) is 3.06. The lowest BCUT2D eigenvalue weighted by Gasteiger charge is -2.12. The number of para-hydroxylation sites is 1. The molecule has 0 spiro atoms. The molecule has 4 nitrogen and oxygen atoms in total. The first-order chi connectivity index (χ1) is 10.1. The van der Waals surface area contributed by atoms with Crippen molar-refractivity contribution in [2.24, 2.45) is 0 Å². The molecular formula is C16H16N2O2S. The number of nitrogens with zero attached hydrogens (tertiary/aromatic N) is 1. The van der Waals surface area contributed by atoms with E-state index >= 15 is 0 Å². The topological polar surface area (TPSA) is 70.0 Å². The number of hydrogen-bond donors (Lipinski definition) is 1. The molecule has 0 unspecified atom stereocenters. The quantitative estimate of drug-likeness (QED) is 0.922. The molecular weight excluding hydrogens is 284 g/mol. The molecule has 5 heteroatoms. The summed E-state index contributed by atoms with van der Waals surface area (Å²) in [5.41, 5.74) is 2.41. The van der Waals surface area contributed by atoms with Crippen molar-refractivity contribution in [3.8, 4) is 6.07 Å². The number of rotatable bonds is 5. The van der Waals surface area contributed by atoms with E-state index in [9.17, 15) is 8.42 Å². The lowest BCUT2D eigenvalue weighted by Crippen LogP contribution is -2.16. The van der Waals surface area contributed by atoms with Crippen molar-refractivity contribution in [1.82, 2.24) is 0 Å². The van der Waals surface area contributed by atoms with Crippen LogP contribution in [0.3, 0.4) is 0 Å². The van der Waals surface area contributed by atoms with Crippen LogP contribution in [0.4, 0.5) is 5.69 Å². The molecule has 2 rings (SSSR count). The molecule has 0 amide bonds. The molecule has 0 atom stereocenters. The Bertz CT molecular complexity index is 777. The zero-order chi connectivity index (χ0) is 15.3. The van der Waals surface area contributed by atoms with Crippen LogP contribution in [0.2, 0.25) is 0 Å². The van der Waals surface area contributed by atoms with Crippen molar-refractivity contribution in [1.29, 1.82) is 5.26 Å². The molecule has 0 bridgehead atoms. The lowest BCUT2D eigenvalue weighted by molar-refractivity contribution is 0.600. The minimum Gasteiger partial charge on any atom is -0.283 e. The number of anilines is 1. The first-order valence-corrected chi connectivity index (χ1v) is 8.27. The summed E-state index contributed by atoms with van der Waals surface area (Å²) in [7, 11) is -3.55. The zero-order valence-electron chi connectivity index (χ0n) is 11.7. The highest BCUT2D eigenvalue weighted by molar-refractivity contribution is 7.91. The van der Waals surface area contributed by atoms with Crippen molar-refractivity contribution in [3.05, 3.63) is 65.2 Å². The normalized spacial score (nSPS) is 10.9. The van der Waals surface area contributed by atoms with Crippen LogP contribution in [0.5, 0.6) is 0 Å². The second-order valence-electron chi connectivity index (χ2n) is 4.64. The van der Waals surface area contributed by atoms with Gasteiger partial charge in [0.1, 0.15) is 0 Å². The highest BCUT2D eigenvalue weighted by Gasteiger charge is 2.15. The molecule has 0 saturated carbocycles. The maximum Gasteiger partial charge on any atom is 0.236 e. The van der Waals surface area contributed by atoms with Crippen molar-refractivity contribution in [3.63, 3.8) is 0 Å². The van der Waals surface area contributed by atoms with Crippen LogP contribution < -0.4 is 4.72 Å². The molecule has 0 fully saturated rings. The van der Waals surface area contributed by atoms with Crippen molar-refractivity contribution < 1.29 is 8.42 Å². The second-order valence-corrected chi connectivity index (χ2v) is 6.36. The van der Waals surface area contributed by atoms with Crippen LogP contribution in [-0.2, 0) is 22.2 Å². The van der Waals surface area contributed by atoms with Crippen molar-refractivity contribution >= 4 is 15.7 Å². The SMILES string of the molecule is CCc1ccccc1NS(=O)(=O)Cc1ccccc1C#N. The summed E-state index contributed by atoms with van der Waals surface area (Å²) in [5, 5.41) is 9.02. The van der Waals surface area contributed by atoms with Crippen LogP contribution >= 0.6 is 0 Å². The Morgan fingerprint density at radius 2 is 1.67 bits per heavy atom. The Labute approximate surface area is 125 Å². The molecule has 0 heterocycles. The van der Waals surface area contributed by atoms with E-state index in [0.29, 0.717) is 16.8 Å². The third kappa shape index (κ3) is 3.83. The average molecular weight is 300 g/mol. The molecule has 1 N–H and O–H groups in total. The minimum absolute atomic E-state index is 0.214. The molecule has 108 valence electrons. The monoisotopic (exact) mass is 300 g/mol. The first kappa shape index (κ1) is 15.1. The molecule has 0 saturated heterocycles. The number of hydrogen-bond acceptors (Lipinski definition) is 3. The second kappa shape index (κ2) is 6.42.